The van der Waals surface area contributed by atoms with Crippen LogP contribution in [0, 0.1) is 0 Å². The van der Waals surface area contributed by atoms with Crippen molar-refractivity contribution in [2.75, 3.05) is 25.6 Å². The number of carbonyl (C=O) groups is 1. The summed E-state index contributed by atoms with van der Waals surface area (Å²) in [5, 5.41) is 3.09. The van der Waals surface area contributed by atoms with E-state index in [2.05, 4.69) is 25.0 Å². The minimum Gasteiger partial charge on any atom is -0.474 e. The highest BCUT2D eigenvalue weighted by atomic mass is 16.5. The predicted octanol–water partition coefficient (Wildman–Crippen LogP) is 1.89. The molecule has 0 spiro atoms. The number of anilines is 2. The predicted molar refractivity (Wildman–Crippen MR) is 81.9 cm³/mol. The molecule has 0 aromatic carbocycles. The molecule has 3 rings (SSSR count). The molecular formula is C15H18N4O4. The van der Waals surface area contributed by atoms with Gasteiger partial charge < -0.3 is 24.5 Å². The third kappa shape index (κ3) is 3.98. The van der Waals surface area contributed by atoms with Gasteiger partial charge in [-0.25, -0.2) is 14.8 Å². The maximum absolute atomic E-state index is 11.4. The molecule has 8 heteroatoms. The molecule has 0 bridgehead atoms. The first-order chi connectivity index (χ1) is 11.2. The zero-order valence-corrected chi connectivity index (χ0v) is 12.7. The lowest BCUT2D eigenvalue weighted by molar-refractivity contribution is 0.0237. The number of aromatic nitrogens is 3. The molecule has 2 aromatic heterocycles. The summed E-state index contributed by atoms with van der Waals surface area (Å²) >= 11 is 0. The molecule has 8 nitrogen and oxygen atoms in total. The zero-order chi connectivity index (χ0) is 16.1. The first-order valence-electron chi connectivity index (χ1n) is 7.35. The summed E-state index contributed by atoms with van der Waals surface area (Å²) in [6.07, 6.45) is 4.92. The normalized spacial score (nSPS) is 15.2. The van der Waals surface area contributed by atoms with Crippen molar-refractivity contribution in [3.8, 4) is 5.88 Å². The Labute approximate surface area is 133 Å². The second-order valence-corrected chi connectivity index (χ2v) is 5.09. The van der Waals surface area contributed by atoms with Crippen LogP contribution in [0.2, 0.25) is 0 Å². The molecule has 1 saturated heterocycles. The van der Waals surface area contributed by atoms with E-state index in [1.807, 2.05) is 0 Å². The zero-order valence-electron chi connectivity index (χ0n) is 12.7. The maximum atomic E-state index is 11.4. The highest BCUT2D eigenvalue weighted by molar-refractivity contribution is 5.88. The van der Waals surface area contributed by atoms with Gasteiger partial charge in [0.25, 0.3) is 0 Å². The molecule has 3 heterocycles. The van der Waals surface area contributed by atoms with Crippen LogP contribution in [-0.2, 0) is 9.47 Å². The van der Waals surface area contributed by atoms with Gasteiger partial charge in [-0.3, -0.25) is 0 Å². The van der Waals surface area contributed by atoms with Crippen molar-refractivity contribution in [2.45, 2.75) is 18.9 Å². The molecule has 2 aromatic rings. The fourth-order valence-electron chi connectivity index (χ4n) is 2.28. The number of nitrogens with one attached hydrogen (secondary N) is 2. The van der Waals surface area contributed by atoms with Crippen LogP contribution in [0.3, 0.4) is 0 Å². The summed E-state index contributed by atoms with van der Waals surface area (Å²) in [5.74, 6) is 0.667. The Kier molecular flexibility index (Phi) is 4.72. The van der Waals surface area contributed by atoms with Crippen LogP contribution < -0.4 is 10.1 Å². The lowest BCUT2D eigenvalue weighted by atomic mass is 10.2. The molecule has 23 heavy (non-hydrogen) atoms. The summed E-state index contributed by atoms with van der Waals surface area (Å²) in [6.45, 7) is 1.42. The van der Waals surface area contributed by atoms with Crippen molar-refractivity contribution >= 4 is 17.5 Å². The fourth-order valence-corrected chi connectivity index (χ4v) is 2.28. The Bertz CT molecular complexity index is 667. The number of nitrogens with zero attached hydrogens (tertiary/aromatic N) is 2. The summed E-state index contributed by atoms with van der Waals surface area (Å²) < 4.78 is 15.8. The summed E-state index contributed by atoms with van der Waals surface area (Å²) in [7, 11) is 1.33. The summed E-state index contributed by atoms with van der Waals surface area (Å²) in [6, 6.07) is 3.37. The Hall–Kier alpha value is -2.61. The lowest BCUT2D eigenvalue weighted by Gasteiger charge is -2.22. The van der Waals surface area contributed by atoms with Crippen molar-refractivity contribution in [1.82, 2.24) is 15.0 Å². The summed E-state index contributed by atoms with van der Waals surface area (Å²) in [4.78, 5) is 22.5. The summed E-state index contributed by atoms with van der Waals surface area (Å²) in [5.41, 5.74) is 1.06. The largest absolute Gasteiger partial charge is 0.474 e. The van der Waals surface area contributed by atoms with Crippen LogP contribution >= 0.6 is 0 Å². The van der Waals surface area contributed by atoms with Gasteiger partial charge in [0.2, 0.25) is 5.88 Å². The monoisotopic (exact) mass is 318 g/mol. The van der Waals surface area contributed by atoms with Crippen LogP contribution in [0.1, 0.15) is 23.3 Å². The van der Waals surface area contributed by atoms with Crippen LogP contribution in [0.4, 0.5) is 11.5 Å². The molecule has 0 radical (unpaired) electrons. The van der Waals surface area contributed by atoms with E-state index in [0.717, 1.165) is 12.8 Å². The van der Waals surface area contributed by atoms with Gasteiger partial charge in [-0.1, -0.05) is 0 Å². The molecule has 0 amide bonds. The Morgan fingerprint density at radius 3 is 2.96 bits per heavy atom. The van der Waals surface area contributed by atoms with Crippen molar-refractivity contribution < 1.29 is 19.0 Å². The first-order valence-corrected chi connectivity index (χ1v) is 7.35. The van der Waals surface area contributed by atoms with Gasteiger partial charge in [0, 0.05) is 25.1 Å². The Balaban J connectivity index is 1.65. The van der Waals surface area contributed by atoms with Gasteiger partial charge in [0.1, 0.15) is 23.9 Å². The van der Waals surface area contributed by atoms with E-state index in [4.69, 9.17) is 9.47 Å². The molecule has 2 N–H and O–H groups in total. The van der Waals surface area contributed by atoms with Crippen molar-refractivity contribution in [3.05, 3.63) is 30.4 Å². The maximum Gasteiger partial charge on any atom is 0.354 e. The van der Waals surface area contributed by atoms with Crippen LogP contribution in [-0.4, -0.2) is 47.3 Å². The number of carbonyl (C=O) groups excluding carboxylic acids is 1. The third-order valence-corrected chi connectivity index (χ3v) is 3.46. The second-order valence-electron chi connectivity index (χ2n) is 5.09. The Morgan fingerprint density at radius 2 is 2.17 bits per heavy atom. The molecule has 1 aliphatic heterocycles. The lowest BCUT2D eigenvalue weighted by Crippen LogP contribution is -2.26. The number of hydrogen-bond acceptors (Lipinski definition) is 7. The number of hydrogen-bond donors (Lipinski definition) is 2. The van der Waals surface area contributed by atoms with Gasteiger partial charge in [-0.15, -0.1) is 0 Å². The van der Waals surface area contributed by atoms with Gasteiger partial charge in [-0.05, 0) is 6.07 Å². The van der Waals surface area contributed by atoms with E-state index in [0.29, 0.717) is 36.3 Å². The molecule has 122 valence electrons. The average Bonchev–Trinajstić information content (AvgIpc) is 3.04. The number of aromatic amines is 1. The number of esters is 1. The molecule has 0 saturated carbocycles. The third-order valence-electron chi connectivity index (χ3n) is 3.46. The van der Waals surface area contributed by atoms with Gasteiger partial charge in [-0.2, -0.15) is 0 Å². The SMILES string of the molecule is COC(=O)c1cc(Nc2cc(OC3CCOCC3)ncn2)c[nH]1. The molecule has 0 atom stereocenters. The number of ether oxygens (including phenoxy) is 3. The van der Waals surface area contributed by atoms with Gasteiger partial charge >= 0.3 is 5.97 Å². The highest BCUT2D eigenvalue weighted by Crippen LogP contribution is 2.21. The molecule has 0 unspecified atom stereocenters. The fraction of sp³-hybridized carbons (Fsp3) is 0.400. The van der Waals surface area contributed by atoms with Crippen molar-refractivity contribution in [1.29, 1.82) is 0 Å². The number of H-pyrrole nitrogens is 1. The second kappa shape index (κ2) is 7.10. The van der Waals surface area contributed by atoms with E-state index in [9.17, 15) is 4.79 Å². The smallest absolute Gasteiger partial charge is 0.354 e. The van der Waals surface area contributed by atoms with Gasteiger partial charge in [0.15, 0.2) is 0 Å². The van der Waals surface area contributed by atoms with Crippen LogP contribution in [0.25, 0.3) is 0 Å². The van der Waals surface area contributed by atoms with Crippen LogP contribution in [0.5, 0.6) is 5.88 Å². The van der Waals surface area contributed by atoms with E-state index in [-0.39, 0.29) is 6.10 Å². The number of methoxy groups -OCH3 is 1. The quantitative estimate of drug-likeness (QED) is 0.812. The minimum atomic E-state index is -0.427. The molecule has 0 aliphatic carbocycles. The standard InChI is InChI=1S/C15H18N4O4/c1-21-15(20)12-6-10(8-16-12)19-13-7-14(18-9-17-13)23-11-2-4-22-5-3-11/h6-9,11,16H,2-5H2,1H3,(H,17,18,19). The first kappa shape index (κ1) is 15.3. The van der Waals surface area contributed by atoms with Gasteiger partial charge in [0.05, 0.1) is 26.0 Å². The number of rotatable bonds is 5. The van der Waals surface area contributed by atoms with Crippen molar-refractivity contribution in [2.24, 2.45) is 0 Å². The van der Waals surface area contributed by atoms with E-state index in [1.54, 1.807) is 18.3 Å². The molecular weight excluding hydrogens is 300 g/mol. The topological polar surface area (TPSA) is 98.4 Å². The Morgan fingerprint density at radius 1 is 1.35 bits per heavy atom. The van der Waals surface area contributed by atoms with E-state index < -0.39 is 5.97 Å². The highest BCUT2D eigenvalue weighted by Gasteiger charge is 2.16. The van der Waals surface area contributed by atoms with Crippen molar-refractivity contribution in [3.63, 3.8) is 0 Å². The molecule has 1 fully saturated rings. The molecule has 1 aliphatic rings. The van der Waals surface area contributed by atoms with Crippen LogP contribution in [0.15, 0.2) is 24.7 Å². The van der Waals surface area contributed by atoms with E-state index in [1.165, 1.54) is 13.4 Å². The van der Waals surface area contributed by atoms with E-state index >= 15 is 0 Å². The average molecular weight is 318 g/mol. The minimum absolute atomic E-state index is 0.115.